The quantitative estimate of drug-likeness (QED) is 0.407. The minimum Gasteiger partial charge on any atom is -0.478 e. The molecule has 0 N–H and O–H groups in total. The van der Waals surface area contributed by atoms with Crippen LogP contribution in [0.5, 0.6) is 0 Å². The normalized spacial score (nSPS) is 6.67. The first kappa shape index (κ1) is 22.5. The second kappa shape index (κ2) is 16.8. The van der Waals surface area contributed by atoms with E-state index in [1.165, 1.54) is 5.06 Å². The van der Waals surface area contributed by atoms with Crippen LogP contribution in [0.15, 0.2) is 0 Å². The van der Waals surface area contributed by atoms with E-state index in [1.54, 1.807) is 7.05 Å². The van der Waals surface area contributed by atoms with Crippen molar-refractivity contribution in [3.05, 3.63) is 21.5 Å². The Bertz CT molecular complexity index is 36.1. The summed E-state index contributed by atoms with van der Waals surface area (Å²) in [5, 5.41) is 1.53. The Hall–Kier alpha value is 2.39. The summed E-state index contributed by atoms with van der Waals surface area (Å²) in [4.78, 5) is 4.42. The van der Waals surface area contributed by atoms with Crippen molar-refractivity contribution in [1.29, 1.82) is 0 Å². The van der Waals surface area contributed by atoms with E-state index in [1.807, 2.05) is 0 Å². The Morgan fingerprint density at radius 1 is 1.56 bits per heavy atom. The molecule has 0 fully saturated rings. The molecule has 0 unspecified atom stereocenters. The van der Waals surface area contributed by atoms with E-state index < -0.39 is 0 Å². The largest absolute Gasteiger partial charge is 1.00 e. The molecule has 0 spiro atoms. The Kier molecular flexibility index (Phi) is 42.0. The molecule has 0 aromatic rings. The Morgan fingerprint density at radius 2 is 1.89 bits per heavy atom. The molecular weight excluding hydrogens is 362 g/mol. The average molecular weight is 374 g/mol. The van der Waals surface area contributed by atoms with E-state index in [0.717, 1.165) is 0 Å². The Balaban J connectivity index is -0.0000000417. The zero-order valence-corrected chi connectivity index (χ0v) is 14.0. The second-order valence-corrected chi connectivity index (χ2v) is 0.981. The van der Waals surface area contributed by atoms with Crippen LogP contribution in [-0.2, 0) is 25.3 Å². The van der Waals surface area contributed by atoms with Crippen LogP contribution < -0.4 is 58.2 Å². The molecule has 0 amide bonds. The zero-order chi connectivity index (χ0) is 4.99. The van der Waals surface area contributed by atoms with E-state index in [-0.39, 0.29) is 86.0 Å². The van der Waals surface area contributed by atoms with Crippen LogP contribution in [0.3, 0.4) is 0 Å². The molecule has 0 heterocycles. The van der Waals surface area contributed by atoms with Crippen LogP contribution in [0.25, 0.3) is 0 Å². The van der Waals surface area contributed by atoms with Crippen molar-refractivity contribution in [3.8, 4) is 0 Å². The van der Waals surface area contributed by atoms with Gasteiger partial charge in [-0.3, -0.25) is 5.06 Å². The van der Waals surface area contributed by atoms with Crippen LogP contribution in [-0.4, -0.2) is 18.7 Å². The molecule has 0 bridgehead atoms. The summed E-state index contributed by atoms with van der Waals surface area (Å²) in [6.07, 6.45) is 0. The first-order chi connectivity index (χ1) is 2.81. The molecule has 1 radical (unpaired) electrons. The van der Waals surface area contributed by atoms with Gasteiger partial charge in [0.25, 0.3) is 0 Å². The van der Waals surface area contributed by atoms with Crippen molar-refractivity contribution in [2.75, 3.05) is 13.6 Å². The first-order valence-corrected chi connectivity index (χ1v) is 1.73. The van der Waals surface area contributed by atoms with Crippen molar-refractivity contribution in [2.45, 2.75) is 0 Å². The van der Waals surface area contributed by atoms with Gasteiger partial charge >= 0.3 is 58.2 Å². The third-order valence-electron chi connectivity index (χ3n) is 0.535. The van der Waals surface area contributed by atoms with Crippen molar-refractivity contribution in [1.82, 2.24) is 5.06 Å². The molecule has 53 valence electrons. The maximum atomic E-state index is 4.42. The summed E-state index contributed by atoms with van der Waals surface area (Å²) < 4.78 is 0. The number of rotatable bonds is 2. The van der Waals surface area contributed by atoms with Crippen molar-refractivity contribution >= 4 is 0 Å². The SMILES string of the molecule is [CH2-]CN(C)O[CH2-].[CH3-].[Rb+].[Re]. The predicted molar refractivity (Wildman–Crippen MR) is 30.8 cm³/mol. The van der Waals surface area contributed by atoms with Crippen molar-refractivity contribution in [3.63, 3.8) is 0 Å². The van der Waals surface area contributed by atoms with E-state index >= 15 is 0 Å². The Labute approximate surface area is 121 Å². The fourth-order valence-electron chi connectivity index (χ4n) is 0.0645. The van der Waals surface area contributed by atoms with E-state index in [0.29, 0.717) is 6.54 Å². The molecule has 0 saturated carbocycles. The topological polar surface area (TPSA) is 12.5 Å². The van der Waals surface area contributed by atoms with Gasteiger partial charge in [0.2, 0.25) is 0 Å². The van der Waals surface area contributed by atoms with Gasteiger partial charge in [0.1, 0.15) is 0 Å². The summed E-state index contributed by atoms with van der Waals surface area (Å²) in [6, 6.07) is 0. The standard InChI is InChI=1S/C4H9NO.CH3.Rb.Re/c1-4-5(2)6-3;;;/h1,3-4H2,2H3;1H3;;/q-2;-1;+1;. The van der Waals surface area contributed by atoms with Gasteiger partial charge in [-0.2, -0.15) is 0 Å². The van der Waals surface area contributed by atoms with Gasteiger partial charge in [-0.25, -0.2) is 7.11 Å². The minimum atomic E-state index is 0. The van der Waals surface area contributed by atoms with Gasteiger partial charge in [0.05, 0.1) is 0 Å². The molecule has 0 atom stereocenters. The van der Waals surface area contributed by atoms with Gasteiger partial charge in [0, 0.05) is 27.5 Å². The molecule has 0 saturated heterocycles. The van der Waals surface area contributed by atoms with Gasteiger partial charge in [-0.15, -0.1) is 6.54 Å². The zero-order valence-electron chi connectivity index (χ0n) is 6.35. The second-order valence-electron chi connectivity index (χ2n) is 0.981. The average Bonchev–Trinajstić information content (AvgIpc) is 1.65. The van der Waals surface area contributed by atoms with Gasteiger partial charge < -0.3 is 19.2 Å². The molecule has 0 aliphatic heterocycles. The van der Waals surface area contributed by atoms with Crippen LogP contribution in [0.1, 0.15) is 0 Å². The maximum Gasteiger partial charge on any atom is 1.00 e. The van der Waals surface area contributed by atoms with Crippen molar-refractivity contribution in [2.24, 2.45) is 0 Å². The molecule has 0 aliphatic rings. The molecule has 9 heavy (non-hydrogen) atoms. The summed E-state index contributed by atoms with van der Waals surface area (Å²) in [6.45, 7) is 4.15. The molecule has 0 aromatic heterocycles. The summed E-state index contributed by atoms with van der Waals surface area (Å²) in [5.74, 6) is 0. The smallest absolute Gasteiger partial charge is 0.478 e. The van der Waals surface area contributed by atoms with Crippen molar-refractivity contribution < 1.29 is 83.4 Å². The number of nitrogens with zero attached hydrogens (tertiary/aromatic N) is 1. The summed E-state index contributed by atoms with van der Waals surface area (Å²) in [5.41, 5.74) is 0. The Morgan fingerprint density at radius 3 is 1.89 bits per heavy atom. The number of hydroxylamine groups is 2. The third-order valence-corrected chi connectivity index (χ3v) is 0.535. The molecule has 0 rings (SSSR count). The van der Waals surface area contributed by atoms with Crippen LogP contribution >= 0.6 is 0 Å². The monoisotopic (exact) mass is 374 g/mol. The van der Waals surface area contributed by atoms with Gasteiger partial charge in [0.15, 0.2) is 0 Å². The van der Waals surface area contributed by atoms with E-state index in [9.17, 15) is 0 Å². The third kappa shape index (κ3) is 17.9. The van der Waals surface area contributed by atoms with Crippen LogP contribution in [0, 0.1) is 21.5 Å². The molecule has 0 aromatic carbocycles. The van der Waals surface area contributed by atoms with Gasteiger partial charge in [-0.1, -0.05) is 0 Å². The van der Waals surface area contributed by atoms with E-state index in [4.69, 9.17) is 0 Å². The van der Waals surface area contributed by atoms with E-state index in [2.05, 4.69) is 18.9 Å². The maximum absolute atomic E-state index is 4.42. The predicted octanol–water partition coefficient (Wildman–Crippen LogP) is -2.07. The number of hydrogen-bond donors (Lipinski definition) is 0. The summed E-state index contributed by atoms with van der Waals surface area (Å²) >= 11 is 0. The van der Waals surface area contributed by atoms with Crippen LogP contribution in [0.4, 0.5) is 0 Å². The molecule has 2 nitrogen and oxygen atoms in total. The fraction of sp³-hybridized carbons (Fsp3) is 0.400. The number of hydrogen-bond acceptors (Lipinski definition) is 2. The van der Waals surface area contributed by atoms with Gasteiger partial charge in [-0.05, 0) is 0 Å². The molecular formula is C5H12NORbRe-2. The summed E-state index contributed by atoms with van der Waals surface area (Å²) in [7, 11) is 4.91. The first-order valence-electron chi connectivity index (χ1n) is 1.73. The van der Waals surface area contributed by atoms with Crippen LogP contribution in [0.2, 0.25) is 0 Å². The minimum absolute atomic E-state index is 0. The molecule has 0 aliphatic carbocycles. The molecule has 4 heteroatoms. The fourth-order valence-corrected chi connectivity index (χ4v) is 0.0645.